The molecule has 0 heterocycles. The number of nitrogens with one attached hydrogen (secondary N) is 1. The van der Waals surface area contributed by atoms with E-state index in [1.165, 1.54) is 12.1 Å². The minimum Gasteiger partial charge on any atom is -0.388 e. The van der Waals surface area contributed by atoms with E-state index in [0.717, 1.165) is 12.1 Å². The molecule has 0 fully saturated rings. The second kappa shape index (κ2) is 6.83. The molecule has 122 valence electrons. The Kier molecular flexibility index (Phi) is 5.05. The van der Waals surface area contributed by atoms with Gasteiger partial charge in [-0.15, -0.1) is 0 Å². The summed E-state index contributed by atoms with van der Waals surface area (Å²) in [5, 5.41) is 12.3. The third-order valence-corrected chi connectivity index (χ3v) is 3.37. The van der Waals surface area contributed by atoms with Crippen molar-refractivity contribution in [1.29, 1.82) is 0 Å². The van der Waals surface area contributed by atoms with E-state index in [2.05, 4.69) is 5.32 Å². The molecule has 0 aromatic heterocycles. The van der Waals surface area contributed by atoms with Crippen LogP contribution in [0.5, 0.6) is 0 Å². The number of alkyl halides is 3. The van der Waals surface area contributed by atoms with Gasteiger partial charge in [0.15, 0.2) is 0 Å². The highest BCUT2D eigenvalue weighted by molar-refractivity contribution is 6.04. The van der Waals surface area contributed by atoms with Crippen LogP contribution in [-0.4, -0.2) is 11.0 Å². The molecule has 2 rings (SSSR count). The van der Waals surface area contributed by atoms with E-state index in [1.807, 2.05) is 6.92 Å². The number of hydrogen-bond donors (Lipinski definition) is 2. The zero-order valence-corrected chi connectivity index (χ0v) is 12.4. The van der Waals surface area contributed by atoms with E-state index in [-0.39, 0.29) is 5.56 Å². The topological polar surface area (TPSA) is 49.3 Å². The van der Waals surface area contributed by atoms with Crippen LogP contribution in [0.2, 0.25) is 0 Å². The van der Waals surface area contributed by atoms with Crippen molar-refractivity contribution in [3.8, 4) is 0 Å². The number of benzene rings is 2. The van der Waals surface area contributed by atoms with Crippen molar-refractivity contribution in [2.45, 2.75) is 25.6 Å². The molecular weight excluding hydrogens is 307 g/mol. The Labute approximate surface area is 131 Å². The van der Waals surface area contributed by atoms with Gasteiger partial charge in [-0.3, -0.25) is 4.79 Å². The third kappa shape index (κ3) is 4.32. The van der Waals surface area contributed by atoms with Crippen LogP contribution in [0.1, 0.15) is 40.9 Å². The van der Waals surface area contributed by atoms with E-state index >= 15 is 0 Å². The summed E-state index contributed by atoms with van der Waals surface area (Å²) in [6, 6.07) is 10.8. The molecule has 0 aliphatic carbocycles. The maximum atomic E-state index is 12.7. The molecule has 0 radical (unpaired) electrons. The fraction of sp³-hybridized carbons (Fsp3) is 0.235. The maximum absolute atomic E-state index is 12.7. The average molecular weight is 323 g/mol. The molecule has 6 heteroatoms. The van der Waals surface area contributed by atoms with Crippen molar-refractivity contribution >= 4 is 11.6 Å². The first kappa shape index (κ1) is 17.0. The number of carbonyl (C=O) groups excluding carboxylic acids is 1. The Hall–Kier alpha value is -2.34. The Balaban J connectivity index is 2.20. The predicted molar refractivity (Wildman–Crippen MR) is 81.1 cm³/mol. The van der Waals surface area contributed by atoms with Crippen LogP contribution >= 0.6 is 0 Å². The van der Waals surface area contributed by atoms with Gasteiger partial charge in [-0.2, -0.15) is 13.2 Å². The zero-order chi connectivity index (χ0) is 17.0. The number of aliphatic hydroxyl groups is 1. The first-order chi connectivity index (χ1) is 10.8. The lowest BCUT2D eigenvalue weighted by Gasteiger charge is -2.12. The first-order valence-corrected chi connectivity index (χ1v) is 7.08. The Morgan fingerprint density at radius 1 is 1.17 bits per heavy atom. The van der Waals surface area contributed by atoms with Crippen molar-refractivity contribution in [3.63, 3.8) is 0 Å². The Morgan fingerprint density at radius 3 is 2.52 bits per heavy atom. The SMILES string of the molecule is CC[C@@H](O)c1cccc(NC(=O)c2cccc(C(F)(F)F)c2)c1. The minimum atomic E-state index is -4.50. The zero-order valence-electron chi connectivity index (χ0n) is 12.4. The standard InChI is InChI=1S/C17H16F3NO2/c1-2-15(22)11-5-4-8-14(10-11)21-16(23)12-6-3-7-13(9-12)17(18,19)20/h3-10,15,22H,2H2,1H3,(H,21,23)/t15-/m1/s1. The summed E-state index contributed by atoms with van der Waals surface area (Å²) in [5.41, 5.74) is 0.0910. The summed E-state index contributed by atoms with van der Waals surface area (Å²) in [6.45, 7) is 1.82. The molecule has 0 unspecified atom stereocenters. The van der Waals surface area contributed by atoms with Crippen LogP contribution in [0.25, 0.3) is 0 Å². The summed E-state index contributed by atoms with van der Waals surface area (Å²) in [5.74, 6) is -0.640. The van der Waals surface area contributed by atoms with Crippen molar-refractivity contribution in [2.75, 3.05) is 5.32 Å². The summed E-state index contributed by atoms with van der Waals surface area (Å²) < 4.78 is 38.0. The van der Waals surface area contributed by atoms with Gasteiger partial charge in [0.25, 0.3) is 5.91 Å². The van der Waals surface area contributed by atoms with Gasteiger partial charge in [-0.1, -0.05) is 25.1 Å². The highest BCUT2D eigenvalue weighted by Gasteiger charge is 2.30. The number of amides is 1. The lowest BCUT2D eigenvalue weighted by molar-refractivity contribution is -0.137. The first-order valence-electron chi connectivity index (χ1n) is 7.08. The van der Waals surface area contributed by atoms with E-state index in [0.29, 0.717) is 17.7 Å². The largest absolute Gasteiger partial charge is 0.416 e. The van der Waals surface area contributed by atoms with E-state index in [1.54, 1.807) is 24.3 Å². The molecule has 23 heavy (non-hydrogen) atoms. The van der Waals surface area contributed by atoms with Crippen LogP contribution in [0, 0.1) is 0 Å². The van der Waals surface area contributed by atoms with Crippen molar-refractivity contribution in [1.82, 2.24) is 0 Å². The van der Waals surface area contributed by atoms with Crippen molar-refractivity contribution in [3.05, 3.63) is 65.2 Å². The number of anilines is 1. The van der Waals surface area contributed by atoms with E-state index in [4.69, 9.17) is 0 Å². The normalized spacial score (nSPS) is 12.7. The summed E-state index contributed by atoms with van der Waals surface area (Å²) in [6.07, 6.45) is -4.63. The molecule has 1 atom stereocenters. The van der Waals surface area contributed by atoms with Crippen LogP contribution < -0.4 is 5.32 Å². The third-order valence-electron chi connectivity index (χ3n) is 3.37. The van der Waals surface area contributed by atoms with Gasteiger partial charge >= 0.3 is 6.18 Å². The number of aliphatic hydroxyl groups excluding tert-OH is 1. The second-order valence-corrected chi connectivity index (χ2v) is 5.08. The number of rotatable bonds is 4. The maximum Gasteiger partial charge on any atom is 0.416 e. The van der Waals surface area contributed by atoms with Gasteiger partial charge in [0, 0.05) is 11.3 Å². The Bertz CT molecular complexity index is 698. The monoisotopic (exact) mass is 323 g/mol. The molecule has 0 aliphatic heterocycles. The number of hydrogen-bond acceptors (Lipinski definition) is 2. The van der Waals surface area contributed by atoms with Gasteiger partial charge < -0.3 is 10.4 Å². The summed E-state index contributed by atoms with van der Waals surface area (Å²) in [4.78, 5) is 12.1. The van der Waals surface area contributed by atoms with Crippen molar-refractivity contribution < 1.29 is 23.1 Å². The molecule has 0 bridgehead atoms. The highest BCUT2D eigenvalue weighted by Crippen LogP contribution is 2.29. The second-order valence-electron chi connectivity index (χ2n) is 5.08. The summed E-state index contributed by atoms with van der Waals surface area (Å²) in [7, 11) is 0. The van der Waals surface area contributed by atoms with E-state index < -0.39 is 23.8 Å². The molecule has 2 N–H and O–H groups in total. The van der Waals surface area contributed by atoms with E-state index in [9.17, 15) is 23.1 Å². The van der Waals surface area contributed by atoms with Gasteiger partial charge in [0.2, 0.25) is 0 Å². The van der Waals surface area contributed by atoms with Gasteiger partial charge in [0.1, 0.15) is 0 Å². The molecule has 2 aromatic rings. The van der Waals surface area contributed by atoms with Gasteiger partial charge in [-0.05, 0) is 42.3 Å². The molecule has 3 nitrogen and oxygen atoms in total. The van der Waals surface area contributed by atoms with Crippen LogP contribution in [0.3, 0.4) is 0 Å². The predicted octanol–water partition coefficient (Wildman–Crippen LogP) is 4.40. The average Bonchev–Trinajstić information content (AvgIpc) is 2.53. The lowest BCUT2D eigenvalue weighted by atomic mass is 10.1. The Morgan fingerprint density at radius 2 is 1.87 bits per heavy atom. The van der Waals surface area contributed by atoms with Crippen LogP contribution in [-0.2, 0) is 6.18 Å². The molecule has 0 saturated heterocycles. The van der Waals surface area contributed by atoms with Gasteiger partial charge in [0.05, 0.1) is 11.7 Å². The molecule has 0 saturated carbocycles. The lowest BCUT2D eigenvalue weighted by Crippen LogP contribution is -2.14. The van der Waals surface area contributed by atoms with Crippen LogP contribution in [0.4, 0.5) is 18.9 Å². The van der Waals surface area contributed by atoms with Crippen molar-refractivity contribution in [2.24, 2.45) is 0 Å². The van der Waals surface area contributed by atoms with Crippen LogP contribution in [0.15, 0.2) is 48.5 Å². The minimum absolute atomic E-state index is 0.0822. The smallest absolute Gasteiger partial charge is 0.388 e. The van der Waals surface area contributed by atoms with Gasteiger partial charge in [-0.25, -0.2) is 0 Å². The fourth-order valence-corrected chi connectivity index (χ4v) is 2.10. The number of carbonyl (C=O) groups is 1. The quantitative estimate of drug-likeness (QED) is 0.876. The number of halogens is 3. The highest BCUT2D eigenvalue weighted by atomic mass is 19.4. The molecule has 1 amide bonds. The fourth-order valence-electron chi connectivity index (χ4n) is 2.10. The molecule has 2 aromatic carbocycles. The molecular formula is C17H16F3NO2. The molecule has 0 aliphatic rings. The summed E-state index contributed by atoms with van der Waals surface area (Å²) >= 11 is 0. The molecule has 0 spiro atoms.